The van der Waals surface area contributed by atoms with Gasteiger partial charge in [-0.05, 0) is 36.4 Å². The molecule has 1 atom stereocenters. The van der Waals surface area contributed by atoms with Gasteiger partial charge in [0.1, 0.15) is 12.4 Å². The normalized spacial score (nSPS) is 15.9. The Morgan fingerprint density at radius 3 is 2.85 bits per heavy atom. The molecule has 0 bridgehead atoms. The molecule has 0 spiro atoms. The molecule has 3 aromatic heterocycles. The highest BCUT2D eigenvalue weighted by Crippen LogP contribution is 2.30. The van der Waals surface area contributed by atoms with E-state index in [-0.39, 0.29) is 18.2 Å². The van der Waals surface area contributed by atoms with E-state index in [0.717, 1.165) is 30.2 Å². The van der Waals surface area contributed by atoms with Gasteiger partial charge in [0, 0.05) is 6.61 Å². The third-order valence-electron chi connectivity index (χ3n) is 5.45. The van der Waals surface area contributed by atoms with E-state index in [9.17, 15) is 9.59 Å². The summed E-state index contributed by atoms with van der Waals surface area (Å²) in [6, 6.07) is 11.1. The topological polar surface area (TPSA) is 118 Å². The first-order valence-corrected chi connectivity index (χ1v) is 12.4. The number of amides is 1. The number of ether oxygens (including phenoxy) is 1. The van der Waals surface area contributed by atoms with Gasteiger partial charge in [0.2, 0.25) is 5.91 Å². The van der Waals surface area contributed by atoms with Gasteiger partial charge in [-0.2, -0.15) is 0 Å². The van der Waals surface area contributed by atoms with Gasteiger partial charge in [0.25, 0.3) is 5.56 Å². The highest BCUT2D eigenvalue weighted by molar-refractivity contribution is 7.98. The number of benzene rings is 1. The van der Waals surface area contributed by atoms with Crippen molar-refractivity contribution >= 4 is 39.9 Å². The van der Waals surface area contributed by atoms with Crippen molar-refractivity contribution in [2.75, 3.05) is 6.61 Å². The molecule has 0 unspecified atom stereocenters. The summed E-state index contributed by atoms with van der Waals surface area (Å²) in [7, 11) is 0. The minimum absolute atomic E-state index is 0.117. The molecule has 1 amide bonds. The summed E-state index contributed by atoms with van der Waals surface area (Å²) < 4.78 is 9.27. The number of thioether (sulfide) groups is 1. The van der Waals surface area contributed by atoms with E-state index < -0.39 is 5.91 Å². The van der Waals surface area contributed by atoms with E-state index in [4.69, 9.17) is 10.5 Å². The number of thiophene rings is 1. The van der Waals surface area contributed by atoms with E-state index in [1.807, 2.05) is 23.6 Å². The number of primary amides is 1. The van der Waals surface area contributed by atoms with Crippen molar-refractivity contribution in [3.8, 4) is 10.7 Å². The number of carbonyl (C=O) groups is 1. The fraction of sp³-hybridized carbons (Fsp3) is 0.318. The van der Waals surface area contributed by atoms with Crippen LogP contribution in [0, 0.1) is 0 Å². The summed E-state index contributed by atoms with van der Waals surface area (Å²) in [4.78, 5) is 30.3. The zero-order valence-corrected chi connectivity index (χ0v) is 19.3. The molecule has 1 aliphatic heterocycles. The lowest BCUT2D eigenvalue weighted by molar-refractivity contribution is -0.118. The Bertz CT molecular complexity index is 1340. The van der Waals surface area contributed by atoms with Crippen molar-refractivity contribution in [3.05, 3.63) is 58.0 Å². The van der Waals surface area contributed by atoms with Crippen molar-refractivity contribution in [1.29, 1.82) is 0 Å². The second kappa shape index (κ2) is 9.46. The third-order valence-corrected chi connectivity index (χ3v) is 7.28. The summed E-state index contributed by atoms with van der Waals surface area (Å²) in [5.41, 5.74) is 5.71. The largest absolute Gasteiger partial charge is 0.376 e. The molecule has 0 aliphatic carbocycles. The van der Waals surface area contributed by atoms with Gasteiger partial charge in [-0.15, -0.1) is 21.5 Å². The zero-order chi connectivity index (χ0) is 22.8. The summed E-state index contributed by atoms with van der Waals surface area (Å²) >= 11 is 3.03. The Hall–Kier alpha value is -3.02. The van der Waals surface area contributed by atoms with E-state index in [1.54, 1.807) is 29.5 Å². The molecule has 170 valence electrons. The average Bonchev–Trinajstić information content (AvgIpc) is 3.57. The first kappa shape index (κ1) is 21.8. The fourth-order valence-corrected chi connectivity index (χ4v) is 5.52. The van der Waals surface area contributed by atoms with Crippen LogP contribution in [-0.4, -0.2) is 42.9 Å². The molecule has 0 radical (unpaired) electrons. The quantitative estimate of drug-likeness (QED) is 0.384. The maximum atomic E-state index is 13.0. The lowest BCUT2D eigenvalue weighted by Gasteiger charge is -2.15. The van der Waals surface area contributed by atoms with Gasteiger partial charge in [-0.3, -0.25) is 18.7 Å². The fourth-order valence-electron chi connectivity index (χ4n) is 3.91. The average molecular weight is 483 g/mol. The van der Waals surface area contributed by atoms with Gasteiger partial charge in [-0.25, -0.2) is 4.98 Å². The van der Waals surface area contributed by atoms with E-state index in [0.29, 0.717) is 34.2 Å². The molecule has 4 aromatic rings. The number of rotatable bonds is 8. The minimum atomic E-state index is -0.595. The monoisotopic (exact) mass is 482 g/mol. The molecule has 11 heteroatoms. The second-order valence-corrected chi connectivity index (χ2v) is 9.61. The summed E-state index contributed by atoms with van der Waals surface area (Å²) in [5, 5.41) is 12.0. The Kier molecular flexibility index (Phi) is 6.25. The summed E-state index contributed by atoms with van der Waals surface area (Å²) in [6.07, 6.45) is 2.16. The van der Waals surface area contributed by atoms with Crippen molar-refractivity contribution in [2.24, 2.45) is 5.73 Å². The number of hydrogen-bond acceptors (Lipinski definition) is 8. The van der Waals surface area contributed by atoms with Crippen LogP contribution in [0.2, 0.25) is 0 Å². The minimum Gasteiger partial charge on any atom is -0.376 e. The molecule has 5 rings (SSSR count). The Morgan fingerprint density at radius 1 is 1.21 bits per heavy atom. The molecule has 1 aromatic carbocycles. The van der Waals surface area contributed by atoms with Gasteiger partial charge in [-0.1, -0.05) is 30.0 Å². The number of nitrogens with two attached hydrogens (primary N) is 1. The number of carbonyl (C=O) groups excluding carboxylic acids is 1. The first-order chi connectivity index (χ1) is 16.1. The molecule has 1 saturated heterocycles. The lowest BCUT2D eigenvalue weighted by Crippen LogP contribution is -2.31. The molecule has 4 heterocycles. The van der Waals surface area contributed by atoms with Crippen LogP contribution in [-0.2, 0) is 28.4 Å². The second-order valence-electron chi connectivity index (χ2n) is 7.72. The van der Waals surface area contributed by atoms with Gasteiger partial charge < -0.3 is 10.5 Å². The first-order valence-electron chi connectivity index (χ1n) is 10.6. The van der Waals surface area contributed by atoms with Crippen molar-refractivity contribution in [1.82, 2.24) is 24.3 Å². The number of nitrogens with zero attached hydrogens (tertiary/aromatic N) is 5. The number of para-hydroxylation sites is 1. The molecule has 0 saturated carbocycles. The zero-order valence-electron chi connectivity index (χ0n) is 17.7. The van der Waals surface area contributed by atoms with Crippen LogP contribution in [0.1, 0.15) is 18.7 Å². The van der Waals surface area contributed by atoms with Crippen molar-refractivity contribution in [2.45, 2.75) is 42.9 Å². The Morgan fingerprint density at radius 2 is 2.09 bits per heavy atom. The molecular weight excluding hydrogens is 460 g/mol. The maximum Gasteiger partial charge on any atom is 0.261 e. The molecular formula is C22H22N6O3S2. The van der Waals surface area contributed by atoms with Crippen LogP contribution >= 0.6 is 23.1 Å². The van der Waals surface area contributed by atoms with Crippen molar-refractivity contribution < 1.29 is 9.53 Å². The number of hydrogen-bond donors (Lipinski definition) is 1. The van der Waals surface area contributed by atoms with Gasteiger partial charge >= 0.3 is 0 Å². The summed E-state index contributed by atoms with van der Waals surface area (Å²) in [5.74, 6) is 0.999. The highest BCUT2D eigenvalue weighted by Gasteiger charge is 2.23. The van der Waals surface area contributed by atoms with E-state index >= 15 is 0 Å². The van der Waals surface area contributed by atoms with Crippen LogP contribution in [0.4, 0.5) is 0 Å². The summed E-state index contributed by atoms with van der Waals surface area (Å²) in [6.45, 7) is 1.20. The lowest BCUT2D eigenvalue weighted by atomic mass is 10.2. The van der Waals surface area contributed by atoms with Gasteiger partial charge in [0.15, 0.2) is 11.0 Å². The van der Waals surface area contributed by atoms with Gasteiger partial charge in [0.05, 0.1) is 34.2 Å². The number of aromatic nitrogens is 5. The molecule has 1 aliphatic rings. The van der Waals surface area contributed by atoms with E-state index in [1.165, 1.54) is 16.3 Å². The van der Waals surface area contributed by atoms with E-state index in [2.05, 4.69) is 19.7 Å². The predicted molar refractivity (Wildman–Crippen MR) is 127 cm³/mol. The maximum absolute atomic E-state index is 13.0. The molecule has 9 nitrogen and oxygen atoms in total. The van der Waals surface area contributed by atoms with Crippen LogP contribution in [0.5, 0.6) is 0 Å². The number of fused-ring (bicyclic) bond motifs is 1. The molecule has 1 fully saturated rings. The molecule has 2 N–H and O–H groups in total. The van der Waals surface area contributed by atoms with Crippen LogP contribution in [0.25, 0.3) is 21.6 Å². The predicted octanol–water partition coefficient (Wildman–Crippen LogP) is 2.67. The molecule has 33 heavy (non-hydrogen) atoms. The smallest absolute Gasteiger partial charge is 0.261 e. The van der Waals surface area contributed by atoms with Crippen LogP contribution in [0.15, 0.2) is 51.7 Å². The Balaban J connectivity index is 1.49. The van der Waals surface area contributed by atoms with Crippen LogP contribution < -0.4 is 11.3 Å². The van der Waals surface area contributed by atoms with Crippen molar-refractivity contribution in [3.63, 3.8) is 0 Å². The third kappa shape index (κ3) is 4.56. The standard InChI is InChI=1S/C22H22N6O3S2/c23-18(29)12-27-19(24-16-7-2-1-6-15(16)21(27)30)13-33-22-26-25-20(17-8-4-10-32-17)28(22)11-14-5-3-9-31-14/h1-2,4,6-8,10,14H,3,5,9,11-13H2,(H2,23,29)/t14-/m1/s1. The Labute approximate surface area is 197 Å². The highest BCUT2D eigenvalue weighted by atomic mass is 32.2. The van der Waals surface area contributed by atoms with Crippen LogP contribution in [0.3, 0.4) is 0 Å². The SMILES string of the molecule is NC(=O)Cn1c(CSc2nnc(-c3cccs3)n2C[C@H]2CCCO2)nc2ccccc2c1=O.